The van der Waals surface area contributed by atoms with Gasteiger partial charge in [-0.3, -0.25) is 0 Å². The van der Waals surface area contributed by atoms with Crippen molar-refractivity contribution >= 4 is 10.0 Å². The number of aryl methyl sites for hydroxylation is 1. The van der Waals surface area contributed by atoms with Gasteiger partial charge in [0.1, 0.15) is 6.10 Å². The molecule has 0 amide bonds. The Morgan fingerprint density at radius 2 is 1.92 bits per heavy atom. The number of pyridine rings is 1. The molecule has 5 nitrogen and oxygen atoms in total. The van der Waals surface area contributed by atoms with E-state index in [1.54, 1.807) is 12.3 Å². The minimum atomic E-state index is -4.47. The number of nitrogens with zero attached hydrogens (tertiary/aromatic N) is 1. The fraction of sp³-hybridized carbons (Fsp3) is 0.667. The van der Waals surface area contributed by atoms with Crippen LogP contribution in [0, 0.1) is 6.92 Å². The number of hydrogen-bond acceptors (Lipinski definition) is 4. The van der Waals surface area contributed by atoms with E-state index < -0.39 is 28.4 Å². The first kappa shape index (κ1) is 19.0. The van der Waals surface area contributed by atoms with Crippen LogP contribution in [0.4, 0.5) is 13.2 Å². The lowest BCUT2D eigenvalue weighted by atomic mass is 9.94. The van der Waals surface area contributed by atoms with E-state index in [1.807, 2.05) is 13.0 Å². The summed E-state index contributed by atoms with van der Waals surface area (Å²) in [5.41, 5.74) is 1.03. The highest BCUT2D eigenvalue weighted by Gasteiger charge is 2.31. The van der Waals surface area contributed by atoms with E-state index >= 15 is 0 Å². The van der Waals surface area contributed by atoms with Crippen molar-refractivity contribution in [2.45, 2.75) is 57.3 Å². The fourth-order valence-corrected chi connectivity index (χ4v) is 3.92. The van der Waals surface area contributed by atoms with Crippen LogP contribution in [0.1, 0.15) is 37.7 Å². The Morgan fingerprint density at radius 3 is 2.46 bits per heavy atom. The number of nitrogens with one attached hydrogen (secondary N) is 1. The molecule has 9 heteroatoms. The Morgan fingerprint density at radius 1 is 1.25 bits per heavy atom. The van der Waals surface area contributed by atoms with Crippen LogP contribution in [-0.4, -0.2) is 37.5 Å². The normalized spacial score (nSPS) is 22.3. The van der Waals surface area contributed by atoms with Crippen LogP contribution in [0.3, 0.4) is 0 Å². The van der Waals surface area contributed by atoms with Crippen LogP contribution in [0.2, 0.25) is 0 Å². The van der Waals surface area contributed by atoms with E-state index in [1.165, 1.54) is 0 Å². The number of aromatic nitrogens is 1. The largest absolute Gasteiger partial charge is 0.474 e. The minimum Gasteiger partial charge on any atom is -0.474 e. The molecule has 1 aliphatic carbocycles. The molecule has 0 spiro atoms. The lowest BCUT2D eigenvalue weighted by Gasteiger charge is -2.29. The van der Waals surface area contributed by atoms with E-state index in [-0.39, 0.29) is 12.1 Å². The van der Waals surface area contributed by atoms with E-state index in [2.05, 4.69) is 9.71 Å². The lowest BCUT2D eigenvalue weighted by molar-refractivity contribution is -0.130. The summed E-state index contributed by atoms with van der Waals surface area (Å²) in [4.78, 5) is 4.16. The zero-order chi connectivity index (χ0) is 17.8. The molecule has 1 aromatic rings. The molecule has 0 radical (unpaired) electrons. The smallest absolute Gasteiger partial charge is 0.390 e. The molecule has 1 heterocycles. The summed E-state index contributed by atoms with van der Waals surface area (Å²) in [7, 11) is -3.92. The second-order valence-electron chi connectivity index (χ2n) is 6.07. The Bertz CT molecular complexity index is 624. The molecule has 1 N–H and O–H groups in total. The van der Waals surface area contributed by atoms with Crippen LogP contribution < -0.4 is 9.46 Å². The molecule has 0 saturated heterocycles. The van der Waals surface area contributed by atoms with Crippen molar-refractivity contribution < 1.29 is 26.3 Å². The number of alkyl halides is 3. The van der Waals surface area contributed by atoms with Crippen molar-refractivity contribution in [1.82, 2.24) is 9.71 Å². The van der Waals surface area contributed by atoms with Crippen LogP contribution in [0.15, 0.2) is 18.3 Å². The first-order valence-electron chi connectivity index (χ1n) is 7.79. The monoisotopic (exact) mass is 366 g/mol. The summed E-state index contributed by atoms with van der Waals surface area (Å²) in [6, 6.07) is 3.33. The average molecular weight is 366 g/mol. The lowest BCUT2D eigenvalue weighted by Crippen LogP contribution is -2.41. The van der Waals surface area contributed by atoms with Gasteiger partial charge in [-0.1, -0.05) is 6.07 Å². The van der Waals surface area contributed by atoms with Crippen molar-refractivity contribution in [3.8, 4) is 5.88 Å². The maximum Gasteiger partial charge on any atom is 0.390 e. The molecule has 0 atom stereocenters. The molecule has 0 aromatic carbocycles. The predicted molar refractivity (Wildman–Crippen MR) is 83.2 cm³/mol. The Labute approximate surface area is 139 Å². The average Bonchev–Trinajstić information content (AvgIpc) is 2.49. The molecular formula is C15H21F3N2O3S. The van der Waals surface area contributed by atoms with Gasteiger partial charge in [0.05, 0.1) is 12.2 Å². The number of rotatable bonds is 6. The van der Waals surface area contributed by atoms with Crippen LogP contribution in [0.5, 0.6) is 5.88 Å². The van der Waals surface area contributed by atoms with E-state index in [9.17, 15) is 21.6 Å². The maximum absolute atomic E-state index is 12.1. The van der Waals surface area contributed by atoms with Gasteiger partial charge in [-0.25, -0.2) is 18.1 Å². The van der Waals surface area contributed by atoms with Gasteiger partial charge < -0.3 is 4.74 Å². The van der Waals surface area contributed by atoms with Crippen molar-refractivity contribution in [2.24, 2.45) is 0 Å². The fourth-order valence-electron chi connectivity index (χ4n) is 2.56. The highest BCUT2D eigenvalue weighted by Crippen LogP contribution is 2.24. The third kappa shape index (κ3) is 6.64. The van der Waals surface area contributed by atoms with Gasteiger partial charge in [0.2, 0.25) is 15.9 Å². The van der Waals surface area contributed by atoms with Gasteiger partial charge >= 0.3 is 6.18 Å². The van der Waals surface area contributed by atoms with Gasteiger partial charge in [0.25, 0.3) is 0 Å². The van der Waals surface area contributed by atoms with Crippen molar-refractivity contribution in [3.05, 3.63) is 23.9 Å². The van der Waals surface area contributed by atoms with Gasteiger partial charge in [-0.05, 0) is 38.2 Å². The first-order chi connectivity index (χ1) is 11.1. The summed E-state index contributed by atoms with van der Waals surface area (Å²) in [5.74, 6) is -0.407. The Kier molecular flexibility index (Phi) is 6.08. The quantitative estimate of drug-likeness (QED) is 0.841. The summed E-state index contributed by atoms with van der Waals surface area (Å²) < 4.78 is 67.9. The van der Waals surface area contributed by atoms with Gasteiger partial charge in [0.15, 0.2) is 0 Å². The van der Waals surface area contributed by atoms with E-state index in [0.717, 1.165) is 5.56 Å². The second kappa shape index (κ2) is 7.69. The molecule has 1 fully saturated rings. The zero-order valence-electron chi connectivity index (χ0n) is 13.3. The Hall–Kier alpha value is -1.35. The first-order valence-corrected chi connectivity index (χ1v) is 9.44. The minimum absolute atomic E-state index is 0.0591. The summed E-state index contributed by atoms with van der Waals surface area (Å²) in [6.45, 7) is 1.92. The SMILES string of the molecule is Cc1ccc(OC2CCC(NS(=O)(=O)CCC(F)(F)F)CC2)nc1. The summed E-state index contributed by atoms with van der Waals surface area (Å²) in [5, 5.41) is 0. The molecule has 2 rings (SSSR count). The number of halogens is 3. The molecule has 0 unspecified atom stereocenters. The molecule has 1 aliphatic rings. The number of ether oxygens (including phenoxy) is 1. The summed E-state index contributed by atoms with van der Waals surface area (Å²) >= 11 is 0. The third-order valence-electron chi connectivity index (χ3n) is 3.85. The Balaban J connectivity index is 1.77. The highest BCUT2D eigenvalue weighted by molar-refractivity contribution is 7.89. The van der Waals surface area contributed by atoms with Gasteiger partial charge in [-0.15, -0.1) is 0 Å². The molecule has 1 aromatic heterocycles. The molecular weight excluding hydrogens is 345 g/mol. The van der Waals surface area contributed by atoms with E-state index in [4.69, 9.17) is 4.74 Å². The van der Waals surface area contributed by atoms with Crippen LogP contribution >= 0.6 is 0 Å². The van der Waals surface area contributed by atoms with Gasteiger partial charge in [-0.2, -0.15) is 13.2 Å². The third-order valence-corrected chi connectivity index (χ3v) is 5.28. The second-order valence-corrected chi connectivity index (χ2v) is 7.94. The maximum atomic E-state index is 12.1. The van der Waals surface area contributed by atoms with Crippen molar-refractivity contribution in [2.75, 3.05) is 5.75 Å². The topological polar surface area (TPSA) is 68.3 Å². The highest BCUT2D eigenvalue weighted by atomic mass is 32.2. The molecule has 0 aliphatic heterocycles. The molecule has 1 saturated carbocycles. The zero-order valence-corrected chi connectivity index (χ0v) is 14.2. The predicted octanol–water partition coefficient (Wildman–Crippen LogP) is 2.95. The van der Waals surface area contributed by atoms with Crippen molar-refractivity contribution in [1.29, 1.82) is 0 Å². The number of sulfonamides is 1. The van der Waals surface area contributed by atoms with Crippen LogP contribution in [0.25, 0.3) is 0 Å². The molecule has 24 heavy (non-hydrogen) atoms. The standard InChI is InChI=1S/C15H21F3N2O3S/c1-11-2-7-14(19-10-11)23-13-5-3-12(4-6-13)20-24(21,22)9-8-15(16,17)18/h2,7,10,12-13,20H,3-6,8-9H2,1H3. The summed E-state index contributed by atoms with van der Waals surface area (Å²) in [6.07, 6.45) is -1.85. The molecule has 136 valence electrons. The number of hydrogen-bond donors (Lipinski definition) is 1. The molecule has 0 bridgehead atoms. The van der Waals surface area contributed by atoms with Crippen molar-refractivity contribution in [3.63, 3.8) is 0 Å². The van der Waals surface area contributed by atoms with Gasteiger partial charge in [0, 0.05) is 18.3 Å². The van der Waals surface area contributed by atoms with E-state index in [0.29, 0.717) is 31.6 Å². The van der Waals surface area contributed by atoms with Crippen LogP contribution in [-0.2, 0) is 10.0 Å².